The monoisotopic (exact) mass is 255 g/mol. The average molecular weight is 255 g/mol. The molecule has 0 heterocycles. The van der Waals surface area contributed by atoms with Crippen molar-refractivity contribution >= 4 is 10.8 Å². The smallest absolute Gasteiger partial charge is 0.0577 e. The summed E-state index contributed by atoms with van der Waals surface area (Å²) < 4.78 is 16.6. The highest BCUT2D eigenvalue weighted by molar-refractivity contribution is 7.85. The van der Waals surface area contributed by atoms with Crippen LogP contribution in [0, 0.1) is 13.8 Å². The van der Waals surface area contributed by atoms with E-state index in [4.69, 9.17) is 10.5 Å². The Bertz CT molecular complexity index is 373. The van der Waals surface area contributed by atoms with Crippen molar-refractivity contribution in [3.8, 4) is 0 Å². The second kappa shape index (κ2) is 6.89. The lowest BCUT2D eigenvalue weighted by Gasteiger charge is -2.13. The van der Waals surface area contributed by atoms with E-state index in [9.17, 15) is 4.21 Å². The van der Waals surface area contributed by atoms with Gasteiger partial charge < -0.3 is 10.5 Å². The highest BCUT2D eigenvalue weighted by Crippen LogP contribution is 2.16. The quantitative estimate of drug-likeness (QED) is 0.841. The van der Waals surface area contributed by atoms with Crippen LogP contribution < -0.4 is 5.73 Å². The Hall–Kier alpha value is -0.710. The molecule has 0 bridgehead atoms. The molecule has 2 N–H and O–H groups in total. The minimum atomic E-state index is -0.914. The highest BCUT2D eigenvalue weighted by Gasteiger charge is 2.11. The molecule has 0 spiro atoms. The largest absolute Gasteiger partial charge is 0.384 e. The number of methoxy groups -OCH3 is 1. The van der Waals surface area contributed by atoms with E-state index in [1.807, 2.05) is 13.8 Å². The van der Waals surface area contributed by atoms with Gasteiger partial charge in [-0.1, -0.05) is 29.3 Å². The molecule has 2 unspecified atom stereocenters. The zero-order chi connectivity index (χ0) is 12.8. The van der Waals surface area contributed by atoms with Gasteiger partial charge in [0.05, 0.1) is 6.61 Å². The minimum Gasteiger partial charge on any atom is -0.384 e. The first-order valence-electron chi connectivity index (χ1n) is 5.70. The zero-order valence-corrected chi connectivity index (χ0v) is 11.5. The van der Waals surface area contributed by atoms with Gasteiger partial charge >= 0.3 is 0 Å². The number of ether oxygens (including phenoxy) is 1. The van der Waals surface area contributed by atoms with E-state index in [1.54, 1.807) is 7.11 Å². The van der Waals surface area contributed by atoms with Crippen LogP contribution in [0.5, 0.6) is 0 Å². The number of rotatable bonds is 6. The molecular formula is C13H21NO2S. The molecule has 0 aliphatic heterocycles. The summed E-state index contributed by atoms with van der Waals surface area (Å²) in [6.45, 7) is 4.61. The zero-order valence-electron chi connectivity index (χ0n) is 10.7. The van der Waals surface area contributed by atoms with Gasteiger partial charge in [-0.3, -0.25) is 4.21 Å². The van der Waals surface area contributed by atoms with Crippen LogP contribution in [-0.4, -0.2) is 29.4 Å². The first kappa shape index (κ1) is 14.4. The standard InChI is InChI=1S/C13H21NO2S/c1-10-6-11(2)8-12(7-10)13(14)9-17(15)5-4-16-3/h6-8,13H,4-5,9,14H2,1-3H3. The van der Waals surface area contributed by atoms with E-state index >= 15 is 0 Å². The van der Waals surface area contributed by atoms with Gasteiger partial charge in [0.2, 0.25) is 0 Å². The lowest BCUT2D eigenvalue weighted by molar-refractivity contribution is 0.218. The van der Waals surface area contributed by atoms with E-state index in [0.29, 0.717) is 18.1 Å². The first-order chi connectivity index (χ1) is 8.02. The first-order valence-corrected chi connectivity index (χ1v) is 7.19. The molecule has 0 aromatic heterocycles. The van der Waals surface area contributed by atoms with Crippen LogP contribution in [0.25, 0.3) is 0 Å². The lowest BCUT2D eigenvalue weighted by atomic mass is 10.0. The molecule has 0 aliphatic rings. The van der Waals surface area contributed by atoms with Crippen molar-refractivity contribution in [1.29, 1.82) is 0 Å². The predicted octanol–water partition coefficient (Wildman–Crippen LogP) is 1.70. The molecule has 2 atom stereocenters. The Labute approximate surface area is 106 Å². The molecule has 0 saturated carbocycles. The van der Waals surface area contributed by atoms with Crippen molar-refractivity contribution in [3.63, 3.8) is 0 Å². The van der Waals surface area contributed by atoms with E-state index < -0.39 is 10.8 Å². The molecule has 4 heteroatoms. The van der Waals surface area contributed by atoms with Gasteiger partial charge in [-0.2, -0.15) is 0 Å². The Morgan fingerprint density at radius 2 is 1.88 bits per heavy atom. The third-order valence-corrected chi connectivity index (χ3v) is 3.91. The van der Waals surface area contributed by atoms with Gasteiger partial charge in [0.15, 0.2) is 0 Å². The summed E-state index contributed by atoms with van der Waals surface area (Å²) in [5.74, 6) is 1.04. The van der Waals surface area contributed by atoms with Crippen LogP contribution in [-0.2, 0) is 15.5 Å². The summed E-state index contributed by atoms with van der Waals surface area (Å²) in [5, 5.41) is 0. The van der Waals surface area contributed by atoms with E-state index in [1.165, 1.54) is 11.1 Å². The Kier molecular flexibility index (Phi) is 5.82. The average Bonchev–Trinajstić information content (AvgIpc) is 2.25. The van der Waals surface area contributed by atoms with Crippen molar-refractivity contribution in [2.75, 3.05) is 25.2 Å². The fourth-order valence-corrected chi connectivity index (χ4v) is 2.89. The fourth-order valence-electron chi connectivity index (χ4n) is 1.78. The molecular weight excluding hydrogens is 234 g/mol. The Morgan fingerprint density at radius 3 is 2.41 bits per heavy atom. The van der Waals surface area contributed by atoms with E-state index in [0.717, 1.165) is 5.56 Å². The minimum absolute atomic E-state index is 0.161. The summed E-state index contributed by atoms with van der Waals surface area (Å²) in [4.78, 5) is 0. The second-order valence-corrected chi connectivity index (χ2v) is 5.95. The molecule has 0 radical (unpaired) electrons. The highest BCUT2D eigenvalue weighted by atomic mass is 32.2. The van der Waals surface area contributed by atoms with Crippen molar-refractivity contribution < 1.29 is 8.95 Å². The van der Waals surface area contributed by atoms with Gasteiger partial charge in [0.25, 0.3) is 0 Å². The van der Waals surface area contributed by atoms with Crippen LogP contribution in [0.2, 0.25) is 0 Å². The van der Waals surface area contributed by atoms with Crippen LogP contribution in [0.1, 0.15) is 22.7 Å². The lowest BCUT2D eigenvalue weighted by Crippen LogP contribution is -2.21. The van der Waals surface area contributed by atoms with Crippen molar-refractivity contribution in [3.05, 3.63) is 34.9 Å². The van der Waals surface area contributed by atoms with Crippen LogP contribution >= 0.6 is 0 Å². The maximum Gasteiger partial charge on any atom is 0.0577 e. The van der Waals surface area contributed by atoms with Crippen molar-refractivity contribution in [2.45, 2.75) is 19.9 Å². The molecule has 0 amide bonds. The predicted molar refractivity (Wildman–Crippen MR) is 72.6 cm³/mol. The van der Waals surface area contributed by atoms with Crippen LogP contribution in [0.15, 0.2) is 18.2 Å². The molecule has 17 heavy (non-hydrogen) atoms. The number of nitrogens with two attached hydrogens (primary N) is 1. The Morgan fingerprint density at radius 1 is 1.29 bits per heavy atom. The van der Waals surface area contributed by atoms with E-state index in [-0.39, 0.29) is 6.04 Å². The summed E-state index contributed by atoms with van der Waals surface area (Å²) in [6.07, 6.45) is 0. The van der Waals surface area contributed by atoms with Crippen LogP contribution in [0.4, 0.5) is 0 Å². The number of hydrogen-bond donors (Lipinski definition) is 1. The molecule has 96 valence electrons. The topological polar surface area (TPSA) is 52.3 Å². The molecule has 1 rings (SSSR count). The fraction of sp³-hybridized carbons (Fsp3) is 0.538. The van der Waals surface area contributed by atoms with Gasteiger partial charge in [-0.15, -0.1) is 0 Å². The summed E-state index contributed by atoms with van der Waals surface area (Å²) in [6, 6.07) is 6.07. The van der Waals surface area contributed by atoms with Gasteiger partial charge in [-0.25, -0.2) is 0 Å². The molecule has 0 fully saturated rings. The number of hydrogen-bond acceptors (Lipinski definition) is 3. The van der Waals surface area contributed by atoms with Crippen molar-refractivity contribution in [2.24, 2.45) is 5.73 Å². The van der Waals surface area contributed by atoms with Gasteiger partial charge in [-0.05, 0) is 19.4 Å². The number of aryl methyl sites for hydroxylation is 2. The SMILES string of the molecule is COCCS(=O)CC(N)c1cc(C)cc(C)c1. The summed E-state index contributed by atoms with van der Waals surface area (Å²) in [7, 11) is 0.698. The number of benzene rings is 1. The third kappa shape index (κ3) is 4.98. The maximum atomic E-state index is 11.7. The third-order valence-electron chi connectivity index (χ3n) is 2.55. The molecule has 0 aliphatic carbocycles. The van der Waals surface area contributed by atoms with E-state index in [2.05, 4.69) is 18.2 Å². The summed E-state index contributed by atoms with van der Waals surface area (Å²) in [5.41, 5.74) is 9.52. The molecule has 1 aromatic rings. The summed E-state index contributed by atoms with van der Waals surface area (Å²) >= 11 is 0. The van der Waals surface area contributed by atoms with Gasteiger partial charge in [0.1, 0.15) is 0 Å². The maximum absolute atomic E-state index is 11.7. The Balaban J connectivity index is 2.63. The second-order valence-electron chi connectivity index (χ2n) is 4.33. The van der Waals surface area contributed by atoms with Crippen molar-refractivity contribution in [1.82, 2.24) is 0 Å². The van der Waals surface area contributed by atoms with Gasteiger partial charge in [0, 0.05) is 35.5 Å². The molecule has 3 nitrogen and oxygen atoms in total. The normalized spacial score (nSPS) is 14.6. The van der Waals surface area contributed by atoms with Crippen LogP contribution in [0.3, 0.4) is 0 Å². The molecule has 0 saturated heterocycles. The molecule has 1 aromatic carbocycles.